The molecule has 1 saturated heterocycles. The third kappa shape index (κ3) is 4.50. The van der Waals surface area contributed by atoms with Crippen molar-refractivity contribution in [3.63, 3.8) is 0 Å². The molecule has 0 aromatic heterocycles. The fourth-order valence-electron chi connectivity index (χ4n) is 2.79. The number of nitro benzene ring substituents is 1. The lowest BCUT2D eigenvalue weighted by Gasteiger charge is -2.32. The van der Waals surface area contributed by atoms with E-state index in [0.29, 0.717) is 31.1 Å². The molecule has 1 amide bonds. The average Bonchev–Trinajstić information content (AvgIpc) is 2.62. The van der Waals surface area contributed by atoms with E-state index in [1.165, 1.54) is 18.2 Å². The van der Waals surface area contributed by atoms with E-state index in [-0.39, 0.29) is 35.6 Å². The van der Waals surface area contributed by atoms with Crippen molar-refractivity contribution in [3.05, 3.63) is 64.2 Å². The van der Waals surface area contributed by atoms with Gasteiger partial charge in [-0.3, -0.25) is 14.9 Å². The Bertz CT molecular complexity index is 785. The van der Waals surface area contributed by atoms with E-state index >= 15 is 0 Å². The molecule has 138 valence electrons. The molecule has 0 aliphatic carbocycles. The lowest BCUT2D eigenvalue weighted by atomic mass is 10.1. The predicted octanol–water partition coefficient (Wildman–Crippen LogP) is 3.24. The van der Waals surface area contributed by atoms with Crippen LogP contribution in [0, 0.1) is 10.1 Å². The van der Waals surface area contributed by atoms with Crippen molar-refractivity contribution in [2.24, 2.45) is 0 Å². The molecular weight excluding hydrogens is 358 g/mol. The summed E-state index contributed by atoms with van der Waals surface area (Å²) < 4.78 is 5.80. The smallest absolute Gasteiger partial charge is 0.270 e. The Labute approximate surface area is 157 Å². The van der Waals surface area contributed by atoms with Gasteiger partial charge < -0.3 is 15.0 Å². The van der Waals surface area contributed by atoms with Gasteiger partial charge in [-0.2, -0.15) is 0 Å². The van der Waals surface area contributed by atoms with Crippen molar-refractivity contribution in [2.75, 3.05) is 19.6 Å². The van der Waals surface area contributed by atoms with E-state index in [9.17, 15) is 14.9 Å². The van der Waals surface area contributed by atoms with Gasteiger partial charge in [0.15, 0.2) is 0 Å². The van der Waals surface area contributed by atoms with Gasteiger partial charge in [-0.1, -0.05) is 18.2 Å². The van der Waals surface area contributed by atoms with E-state index < -0.39 is 4.92 Å². The van der Waals surface area contributed by atoms with Crippen molar-refractivity contribution in [2.45, 2.75) is 13.0 Å². The number of amides is 1. The van der Waals surface area contributed by atoms with Crippen LogP contribution in [0.2, 0.25) is 0 Å². The molecule has 0 saturated carbocycles. The van der Waals surface area contributed by atoms with Crippen LogP contribution in [0.15, 0.2) is 48.5 Å². The number of halogens is 1. The lowest BCUT2D eigenvalue weighted by molar-refractivity contribution is -0.384. The summed E-state index contributed by atoms with van der Waals surface area (Å²) >= 11 is 0. The number of ether oxygens (including phenoxy) is 1. The second-order valence-electron chi connectivity index (χ2n) is 5.96. The quantitative estimate of drug-likeness (QED) is 0.653. The Hall–Kier alpha value is -2.64. The SMILES string of the molecule is CC1CN(C(=O)c2cc([N+](=O)[O-])ccc2Oc2ccccc2)CCN1.Cl. The highest BCUT2D eigenvalue weighted by atomic mass is 35.5. The number of carbonyl (C=O) groups is 1. The van der Waals surface area contributed by atoms with Gasteiger partial charge >= 0.3 is 0 Å². The number of hydrogen-bond donors (Lipinski definition) is 1. The zero-order valence-electron chi connectivity index (χ0n) is 14.3. The minimum absolute atomic E-state index is 0. The number of non-ortho nitro benzene ring substituents is 1. The third-order valence-corrected chi connectivity index (χ3v) is 4.03. The van der Waals surface area contributed by atoms with E-state index in [4.69, 9.17) is 4.74 Å². The third-order valence-electron chi connectivity index (χ3n) is 4.03. The first-order chi connectivity index (χ1) is 12.0. The molecule has 8 heteroatoms. The van der Waals surface area contributed by atoms with Crippen molar-refractivity contribution >= 4 is 24.0 Å². The van der Waals surface area contributed by atoms with Gasteiger partial charge in [0.25, 0.3) is 11.6 Å². The average molecular weight is 378 g/mol. The van der Waals surface area contributed by atoms with Gasteiger partial charge in [-0.05, 0) is 25.1 Å². The fourth-order valence-corrected chi connectivity index (χ4v) is 2.79. The molecule has 0 bridgehead atoms. The monoisotopic (exact) mass is 377 g/mol. The van der Waals surface area contributed by atoms with Crippen LogP contribution in [0.5, 0.6) is 11.5 Å². The molecule has 1 atom stereocenters. The summed E-state index contributed by atoms with van der Waals surface area (Å²) in [4.78, 5) is 25.2. The van der Waals surface area contributed by atoms with E-state index in [0.717, 1.165) is 0 Å². The van der Waals surface area contributed by atoms with Crippen LogP contribution < -0.4 is 10.1 Å². The Morgan fingerprint density at radius 1 is 1.27 bits per heavy atom. The summed E-state index contributed by atoms with van der Waals surface area (Å²) in [5.74, 6) is 0.620. The Balaban J connectivity index is 0.00000243. The summed E-state index contributed by atoms with van der Waals surface area (Å²) in [6.45, 7) is 3.79. The highest BCUT2D eigenvalue weighted by Crippen LogP contribution is 2.30. The van der Waals surface area contributed by atoms with Crippen LogP contribution in [0.25, 0.3) is 0 Å². The first-order valence-corrected chi connectivity index (χ1v) is 8.08. The maximum atomic E-state index is 12.9. The van der Waals surface area contributed by atoms with Gasteiger partial charge in [-0.15, -0.1) is 12.4 Å². The van der Waals surface area contributed by atoms with Crippen LogP contribution in [0.3, 0.4) is 0 Å². The van der Waals surface area contributed by atoms with Crippen molar-refractivity contribution in [3.8, 4) is 11.5 Å². The highest BCUT2D eigenvalue weighted by molar-refractivity contribution is 5.97. The summed E-state index contributed by atoms with van der Waals surface area (Å²) in [5, 5.41) is 14.4. The minimum atomic E-state index is -0.510. The predicted molar refractivity (Wildman–Crippen MR) is 100 cm³/mol. The summed E-state index contributed by atoms with van der Waals surface area (Å²) in [7, 11) is 0. The number of piperazine rings is 1. The zero-order valence-corrected chi connectivity index (χ0v) is 15.1. The Morgan fingerprint density at radius 2 is 2.00 bits per heavy atom. The van der Waals surface area contributed by atoms with Crippen LogP contribution in [-0.2, 0) is 0 Å². The van der Waals surface area contributed by atoms with Crippen LogP contribution >= 0.6 is 12.4 Å². The molecule has 3 rings (SSSR count). The molecule has 1 fully saturated rings. The van der Waals surface area contributed by atoms with Crippen LogP contribution in [-0.4, -0.2) is 41.4 Å². The molecular formula is C18H20ClN3O4. The van der Waals surface area contributed by atoms with Gasteiger partial charge in [0.2, 0.25) is 0 Å². The van der Waals surface area contributed by atoms with Crippen molar-refractivity contribution in [1.82, 2.24) is 10.2 Å². The van der Waals surface area contributed by atoms with Crippen LogP contribution in [0.1, 0.15) is 17.3 Å². The molecule has 7 nitrogen and oxygen atoms in total. The second-order valence-corrected chi connectivity index (χ2v) is 5.96. The highest BCUT2D eigenvalue weighted by Gasteiger charge is 2.26. The number of para-hydroxylation sites is 1. The number of nitrogens with zero attached hydrogens (tertiary/aromatic N) is 2. The molecule has 1 unspecified atom stereocenters. The van der Waals surface area contributed by atoms with Crippen molar-refractivity contribution in [1.29, 1.82) is 0 Å². The molecule has 0 spiro atoms. The second kappa shape index (κ2) is 8.64. The number of benzene rings is 2. The van der Waals surface area contributed by atoms with Crippen LogP contribution in [0.4, 0.5) is 5.69 Å². The van der Waals surface area contributed by atoms with Gasteiger partial charge in [0.05, 0.1) is 10.5 Å². The minimum Gasteiger partial charge on any atom is -0.457 e. The molecule has 26 heavy (non-hydrogen) atoms. The molecule has 0 radical (unpaired) electrons. The standard InChI is InChI=1S/C18H19N3O4.ClH/c1-13-12-20(10-9-19-13)18(22)16-11-14(21(23)24)7-8-17(16)25-15-5-3-2-4-6-15;/h2-8,11,13,19H,9-10,12H2,1H3;1H. The molecule has 2 aromatic carbocycles. The Kier molecular flexibility index (Phi) is 6.54. The first-order valence-electron chi connectivity index (χ1n) is 8.08. The fraction of sp³-hybridized carbons (Fsp3) is 0.278. The molecule has 1 aliphatic rings. The number of nitrogens with one attached hydrogen (secondary N) is 1. The maximum absolute atomic E-state index is 12.9. The zero-order chi connectivity index (χ0) is 17.8. The molecule has 2 aromatic rings. The number of hydrogen-bond acceptors (Lipinski definition) is 5. The van der Waals surface area contributed by atoms with Gasteiger partial charge in [-0.25, -0.2) is 0 Å². The van der Waals surface area contributed by atoms with E-state index in [1.54, 1.807) is 17.0 Å². The summed E-state index contributed by atoms with van der Waals surface area (Å²) in [5.41, 5.74) is 0.0686. The Morgan fingerprint density at radius 3 is 2.65 bits per heavy atom. The molecule has 1 N–H and O–H groups in total. The normalized spacial score (nSPS) is 16.5. The van der Waals surface area contributed by atoms with Crippen molar-refractivity contribution < 1.29 is 14.5 Å². The maximum Gasteiger partial charge on any atom is 0.270 e. The number of rotatable bonds is 4. The number of nitro groups is 1. The lowest BCUT2D eigenvalue weighted by Crippen LogP contribution is -2.51. The first kappa shape index (κ1) is 19.7. The summed E-state index contributed by atoms with van der Waals surface area (Å²) in [6, 6.07) is 13.3. The van der Waals surface area contributed by atoms with E-state index in [1.807, 2.05) is 25.1 Å². The van der Waals surface area contributed by atoms with Gasteiger partial charge in [0.1, 0.15) is 11.5 Å². The summed E-state index contributed by atoms with van der Waals surface area (Å²) in [6.07, 6.45) is 0. The van der Waals surface area contributed by atoms with Gasteiger partial charge in [0, 0.05) is 37.8 Å². The molecule has 1 aliphatic heterocycles. The van der Waals surface area contributed by atoms with E-state index in [2.05, 4.69) is 5.32 Å². The number of carbonyl (C=O) groups excluding carboxylic acids is 1. The largest absolute Gasteiger partial charge is 0.457 e. The topological polar surface area (TPSA) is 84.7 Å². The molecule has 1 heterocycles.